The van der Waals surface area contributed by atoms with Crippen LogP contribution in [0.3, 0.4) is 0 Å². The van der Waals surface area contributed by atoms with Gasteiger partial charge in [0.05, 0.1) is 0 Å². The number of carbonyl (C=O) groups is 1. The van der Waals surface area contributed by atoms with Gasteiger partial charge in [-0.15, -0.1) is 0 Å². The molecule has 1 amide bonds. The number of benzene rings is 1. The highest BCUT2D eigenvalue weighted by Crippen LogP contribution is 2.28. The first-order valence-corrected chi connectivity index (χ1v) is 12.0. The fourth-order valence-corrected chi connectivity index (χ4v) is 4.55. The van der Waals surface area contributed by atoms with Crippen molar-refractivity contribution in [1.82, 2.24) is 14.0 Å². The van der Waals surface area contributed by atoms with Crippen molar-refractivity contribution in [2.45, 2.75) is 71.5 Å². The lowest BCUT2D eigenvalue weighted by molar-refractivity contribution is -0.117. The number of amides is 1. The van der Waals surface area contributed by atoms with Gasteiger partial charge in [-0.1, -0.05) is 44.0 Å². The van der Waals surface area contributed by atoms with Gasteiger partial charge in [0, 0.05) is 26.1 Å². The molecule has 1 heterocycles. The fraction of sp³-hybridized carbons (Fsp3) is 0.560. The van der Waals surface area contributed by atoms with E-state index in [1.807, 2.05) is 33.2 Å². The molecule has 8 nitrogen and oxygen atoms in total. The Balaban J connectivity index is 1.83. The van der Waals surface area contributed by atoms with E-state index in [1.54, 1.807) is 0 Å². The molecule has 1 saturated carbocycles. The predicted molar refractivity (Wildman–Crippen MR) is 132 cm³/mol. The van der Waals surface area contributed by atoms with Crippen molar-refractivity contribution in [2.75, 3.05) is 25.1 Å². The Morgan fingerprint density at radius 3 is 2.30 bits per heavy atom. The van der Waals surface area contributed by atoms with Crippen LogP contribution in [0.5, 0.6) is 0 Å². The molecule has 3 rings (SSSR count). The molecular formula is C25H37N5O3. The molecule has 8 heteroatoms. The maximum atomic E-state index is 13.0. The average Bonchev–Trinajstić information content (AvgIpc) is 3.28. The van der Waals surface area contributed by atoms with Gasteiger partial charge in [-0.05, 0) is 56.8 Å². The van der Waals surface area contributed by atoms with E-state index in [-0.39, 0.29) is 24.0 Å². The number of anilines is 2. The monoisotopic (exact) mass is 455 g/mol. The van der Waals surface area contributed by atoms with Crippen LogP contribution in [0.25, 0.3) is 0 Å². The van der Waals surface area contributed by atoms with E-state index in [2.05, 4.69) is 22.3 Å². The number of aromatic nitrogens is 2. The fourth-order valence-electron chi connectivity index (χ4n) is 4.55. The molecule has 1 fully saturated rings. The summed E-state index contributed by atoms with van der Waals surface area (Å²) >= 11 is 0. The molecule has 1 aliphatic rings. The number of carbonyl (C=O) groups excluding carboxylic acids is 1. The van der Waals surface area contributed by atoms with Gasteiger partial charge in [0.1, 0.15) is 11.5 Å². The maximum absolute atomic E-state index is 13.0. The van der Waals surface area contributed by atoms with Crippen molar-refractivity contribution in [1.29, 1.82) is 0 Å². The van der Waals surface area contributed by atoms with Gasteiger partial charge in [0.2, 0.25) is 5.91 Å². The lowest BCUT2D eigenvalue weighted by atomic mass is 10.0. The molecule has 180 valence electrons. The molecule has 0 atom stereocenters. The maximum Gasteiger partial charge on any atom is 0.332 e. The molecule has 0 unspecified atom stereocenters. The predicted octanol–water partition coefficient (Wildman–Crippen LogP) is 2.83. The van der Waals surface area contributed by atoms with Crippen LogP contribution < -0.4 is 22.3 Å². The molecule has 0 aliphatic heterocycles. The normalized spacial score (nSPS) is 14.2. The minimum atomic E-state index is -0.525. The minimum absolute atomic E-state index is 0.0207. The van der Waals surface area contributed by atoms with Crippen LogP contribution in [0.15, 0.2) is 33.9 Å². The highest BCUT2D eigenvalue weighted by Gasteiger charge is 2.22. The van der Waals surface area contributed by atoms with E-state index in [9.17, 15) is 14.4 Å². The third-order valence-corrected chi connectivity index (χ3v) is 6.27. The Bertz CT molecular complexity index is 1060. The lowest BCUT2D eigenvalue weighted by Gasteiger charge is -2.18. The Kier molecular flexibility index (Phi) is 8.49. The second-order valence-electron chi connectivity index (χ2n) is 9.36. The Labute approximate surface area is 195 Å². The van der Waals surface area contributed by atoms with Crippen molar-refractivity contribution < 1.29 is 4.79 Å². The molecule has 33 heavy (non-hydrogen) atoms. The first kappa shape index (κ1) is 24.8. The molecule has 1 aromatic heterocycles. The van der Waals surface area contributed by atoms with E-state index in [0.29, 0.717) is 31.7 Å². The third-order valence-electron chi connectivity index (χ3n) is 6.27. The second kappa shape index (κ2) is 11.3. The number of nitrogens with one attached hydrogen (secondary N) is 1. The lowest BCUT2D eigenvalue weighted by Crippen LogP contribution is -2.43. The largest absolute Gasteiger partial charge is 0.383 e. The molecule has 2 aromatic rings. The number of nitrogens with zero attached hydrogens (tertiary/aromatic N) is 3. The second-order valence-corrected chi connectivity index (χ2v) is 9.36. The molecule has 0 radical (unpaired) electrons. The number of nitrogens with two attached hydrogens (primary N) is 1. The third kappa shape index (κ3) is 6.35. The minimum Gasteiger partial charge on any atom is -0.383 e. The Morgan fingerprint density at radius 2 is 1.70 bits per heavy atom. The van der Waals surface area contributed by atoms with Crippen LogP contribution >= 0.6 is 0 Å². The van der Waals surface area contributed by atoms with Crippen LogP contribution in [0, 0.1) is 5.92 Å². The summed E-state index contributed by atoms with van der Waals surface area (Å²) in [7, 11) is 4.05. The van der Waals surface area contributed by atoms with Gasteiger partial charge in [-0.2, -0.15) is 0 Å². The van der Waals surface area contributed by atoms with E-state index >= 15 is 0 Å². The van der Waals surface area contributed by atoms with Crippen molar-refractivity contribution in [3.8, 4) is 0 Å². The number of rotatable bonds is 10. The van der Waals surface area contributed by atoms with Crippen molar-refractivity contribution in [3.63, 3.8) is 0 Å². The Morgan fingerprint density at radius 1 is 1.06 bits per heavy atom. The van der Waals surface area contributed by atoms with Crippen LogP contribution in [0.2, 0.25) is 0 Å². The van der Waals surface area contributed by atoms with Crippen LogP contribution in [0.1, 0.15) is 56.6 Å². The molecule has 3 N–H and O–H groups in total. The van der Waals surface area contributed by atoms with Gasteiger partial charge in [0.15, 0.2) is 0 Å². The van der Waals surface area contributed by atoms with Gasteiger partial charge in [0.25, 0.3) is 5.56 Å². The molecule has 0 bridgehead atoms. The number of nitrogen functional groups attached to an aromatic ring is 1. The van der Waals surface area contributed by atoms with Crippen LogP contribution in [-0.2, 0) is 30.8 Å². The topological polar surface area (TPSA) is 102 Å². The van der Waals surface area contributed by atoms with Crippen molar-refractivity contribution >= 4 is 17.4 Å². The zero-order valence-electron chi connectivity index (χ0n) is 20.1. The summed E-state index contributed by atoms with van der Waals surface area (Å²) in [6.45, 7) is 3.37. The van der Waals surface area contributed by atoms with Crippen molar-refractivity contribution in [3.05, 3.63) is 56.2 Å². The van der Waals surface area contributed by atoms with E-state index in [0.717, 1.165) is 37.8 Å². The van der Waals surface area contributed by atoms with E-state index < -0.39 is 11.2 Å². The summed E-state index contributed by atoms with van der Waals surface area (Å²) in [5.41, 5.74) is 7.63. The molecule has 1 aromatic carbocycles. The molecule has 1 aliphatic carbocycles. The number of hydrogen-bond acceptors (Lipinski definition) is 5. The van der Waals surface area contributed by atoms with Gasteiger partial charge in [-0.25, -0.2) is 4.79 Å². The van der Waals surface area contributed by atoms with E-state index in [1.165, 1.54) is 14.7 Å². The summed E-state index contributed by atoms with van der Waals surface area (Å²) in [4.78, 5) is 40.7. The number of aryl methyl sites for hydroxylation is 1. The van der Waals surface area contributed by atoms with Crippen LogP contribution in [0.4, 0.5) is 11.5 Å². The van der Waals surface area contributed by atoms with Crippen molar-refractivity contribution in [2.24, 2.45) is 5.92 Å². The first-order valence-electron chi connectivity index (χ1n) is 12.0. The highest BCUT2D eigenvalue weighted by molar-refractivity contribution is 5.93. The van der Waals surface area contributed by atoms with Crippen LogP contribution in [-0.4, -0.2) is 34.0 Å². The summed E-state index contributed by atoms with van der Waals surface area (Å²) in [6.07, 6.45) is 5.96. The van der Waals surface area contributed by atoms with Gasteiger partial charge < -0.3 is 16.0 Å². The Hall–Kier alpha value is -2.87. The van der Waals surface area contributed by atoms with E-state index in [4.69, 9.17) is 5.73 Å². The molecule has 0 saturated heterocycles. The van der Waals surface area contributed by atoms with Gasteiger partial charge in [-0.3, -0.25) is 18.7 Å². The zero-order valence-corrected chi connectivity index (χ0v) is 20.1. The summed E-state index contributed by atoms with van der Waals surface area (Å²) < 4.78 is 2.59. The molecule has 0 spiro atoms. The quantitative estimate of drug-likeness (QED) is 0.574. The first-order chi connectivity index (χ1) is 15.8. The summed E-state index contributed by atoms with van der Waals surface area (Å²) in [5, 5.41) is 2.73. The highest BCUT2D eigenvalue weighted by atomic mass is 16.2. The molecular weight excluding hydrogens is 418 g/mol. The van der Waals surface area contributed by atoms with Gasteiger partial charge >= 0.3 is 5.69 Å². The standard InChI is InChI=1S/C25H37N5O3/c1-4-14-30-24(32)22(27-21(31)16-19-7-5-6-8-19)23(26)29(25(30)33)15-13-18-9-11-20(12-10-18)17-28(2)3/h9-12,19H,4-8,13-17,26H2,1-3H3,(H,27,31). The zero-order chi connectivity index (χ0) is 24.0. The smallest absolute Gasteiger partial charge is 0.332 e. The summed E-state index contributed by atoms with van der Waals surface area (Å²) in [6, 6.07) is 8.25. The number of hydrogen-bond donors (Lipinski definition) is 2. The summed E-state index contributed by atoms with van der Waals surface area (Å²) in [5.74, 6) is 0.169. The average molecular weight is 456 g/mol. The SMILES string of the molecule is CCCn1c(=O)c(NC(=O)CC2CCCC2)c(N)n(CCc2ccc(CN(C)C)cc2)c1=O.